The average molecular weight is 402 g/mol. The molecule has 0 aliphatic carbocycles. The number of aryl methyl sites for hydroxylation is 4. The molecule has 1 saturated heterocycles. The SMILES string of the molecule is Cc1cc(N2CC(c3cc(C)c(C)c(C)c3)(C(F)(F)F)OC2=O)c(C)cc1C#N. The Hall–Kier alpha value is -3.01. The van der Waals surface area contributed by atoms with E-state index in [1.165, 1.54) is 12.1 Å². The number of hydrogen-bond donors (Lipinski definition) is 0. The summed E-state index contributed by atoms with van der Waals surface area (Å²) in [6.07, 6.45) is -5.87. The number of alkyl halides is 3. The van der Waals surface area contributed by atoms with E-state index in [9.17, 15) is 18.0 Å². The number of rotatable bonds is 2. The molecule has 1 aliphatic heterocycles. The lowest BCUT2D eigenvalue weighted by Crippen LogP contribution is -2.46. The highest BCUT2D eigenvalue weighted by molar-refractivity contribution is 5.92. The molecule has 0 radical (unpaired) electrons. The molecule has 0 bridgehead atoms. The van der Waals surface area contributed by atoms with Gasteiger partial charge in [-0.05, 0) is 74.6 Å². The van der Waals surface area contributed by atoms with Crippen molar-refractivity contribution in [1.82, 2.24) is 0 Å². The van der Waals surface area contributed by atoms with Gasteiger partial charge in [0.05, 0.1) is 23.9 Å². The van der Waals surface area contributed by atoms with Crippen molar-refractivity contribution in [1.29, 1.82) is 5.26 Å². The van der Waals surface area contributed by atoms with Crippen molar-refractivity contribution in [2.45, 2.75) is 46.4 Å². The fraction of sp³-hybridized carbons (Fsp3) is 0.364. The van der Waals surface area contributed by atoms with Crippen LogP contribution in [0, 0.1) is 45.9 Å². The highest BCUT2D eigenvalue weighted by atomic mass is 19.4. The third-order valence-corrected chi connectivity index (χ3v) is 5.67. The van der Waals surface area contributed by atoms with Crippen LogP contribution in [0.15, 0.2) is 24.3 Å². The Morgan fingerprint density at radius 3 is 2.10 bits per heavy atom. The second-order valence-corrected chi connectivity index (χ2v) is 7.58. The zero-order valence-corrected chi connectivity index (χ0v) is 16.9. The highest BCUT2D eigenvalue weighted by Crippen LogP contribution is 2.48. The number of cyclic esters (lactones) is 1. The van der Waals surface area contributed by atoms with Crippen LogP contribution in [-0.4, -0.2) is 18.8 Å². The number of halogens is 3. The van der Waals surface area contributed by atoms with Crippen LogP contribution in [0.2, 0.25) is 0 Å². The molecule has 1 unspecified atom stereocenters. The summed E-state index contributed by atoms with van der Waals surface area (Å²) in [5.74, 6) is 0. The molecule has 152 valence electrons. The van der Waals surface area contributed by atoms with Gasteiger partial charge in [0.2, 0.25) is 0 Å². The van der Waals surface area contributed by atoms with E-state index in [2.05, 4.69) is 0 Å². The van der Waals surface area contributed by atoms with Gasteiger partial charge in [0.15, 0.2) is 0 Å². The lowest BCUT2D eigenvalue weighted by Gasteiger charge is -2.30. The molecule has 1 aliphatic rings. The van der Waals surface area contributed by atoms with Crippen molar-refractivity contribution in [3.05, 3.63) is 63.2 Å². The molecule has 0 spiro atoms. The first-order valence-corrected chi connectivity index (χ1v) is 9.08. The molecule has 1 fully saturated rings. The Kier molecular flexibility index (Phi) is 4.86. The maximum absolute atomic E-state index is 14.3. The summed E-state index contributed by atoms with van der Waals surface area (Å²) in [4.78, 5) is 13.6. The van der Waals surface area contributed by atoms with E-state index in [1.807, 2.05) is 13.0 Å². The lowest BCUT2D eigenvalue weighted by molar-refractivity contribution is -0.250. The monoisotopic (exact) mass is 402 g/mol. The number of nitrogens with zero attached hydrogens (tertiary/aromatic N) is 2. The van der Waals surface area contributed by atoms with E-state index < -0.39 is 24.4 Å². The fourth-order valence-corrected chi connectivity index (χ4v) is 3.65. The number of anilines is 1. The number of nitriles is 1. The van der Waals surface area contributed by atoms with Crippen LogP contribution in [0.1, 0.15) is 38.9 Å². The van der Waals surface area contributed by atoms with Crippen LogP contribution >= 0.6 is 0 Å². The van der Waals surface area contributed by atoms with Crippen molar-refractivity contribution in [3.8, 4) is 6.07 Å². The average Bonchev–Trinajstić information content (AvgIpc) is 2.99. The first kappa shape index (κ1) is 20.7. The van der Waals surface area contributed by atoms with Gasteiger partial charge in [-0.25, -0.2) is 4.79 Å². The summed E-state index contributed by atoms with van der Waals surface area (Å²) in [5.41, 5.74) is 1.25. The molecular formula is C22H21F3N2O2. The minimum atomic E-state index is -4.80. The summed E-state index contributed by atoms with van der Waals surface area (Å²) < 4.78 is 47.9. The summed E-state index contributed by atoms with van der Waals surface area (Å²) in [6.45, 7) is 7.94. The minimum Gasteiger partial charge on any atom is -0.426 e. The van der Waals surface area contributed by atoms with Crippen molar-refractivity contribution >= 4 is 11.8 Å². The van der Waals surface area contributed by atoms with E-state index in [-0.39, 0.29) is 5.56 Å². The molecule has 29 heavy (non-hydrogen) atoms. The maximum Gasteiger partial charge on any atom is 0.434 e. The lowest BCUT2D eigenvalue weighted by atomic mass is 9.88. The number of amides is 1. The molecule has 2 aromatic carbocycles. The van der Waals surface area contributed by atoms with Crippen LogP contribution in [0.25, 0.3) is 0 Å². The number of carbonyl (C=O) groups is 1. The largest absolute Gasteiger partial charge is 0.434 e. The van der Waals surface area contributed by atoms with E-state index in [0.29, 0.717) is 33.5 Å². The molecule has 4 nitrogen and oxygen atoms in total. The summed E-state index contributed by atoms with van der Waals surface area (Å²) in [6, 6.07) is 8.01. The molecule has 0 N–H and O–H groups in total. The van der Waals surface area contributed by atoms with Crippen molar-refractivity contribution in [3.63, 3.8) is 0 Å². The molecule has 1 amide bonds. The van der Waals surface area contributed by atoms with Gasteiger partial charge in [0.25, 0.3) is 5.60 Å². The molecule has 1 atom stereocenters. The number of hydrogen-bond acceptors (Lipinski definition) is 3. The molecular weight excluding hydrogens is 381 g/mol. The molecule has 2 aromatic rings. The van der Waals surface area contributed by atoms with Crippen molar-refractivity contribution in [2.75, 3.05) is 11.4 Å². The van der Waals surface area contributed by atoms with Gasteiger partial charge in [-0.15, -0.1) is 0 Å². The van der Waals surface area contributed by atoms with Gasteiger partial charge in [-0.3, -0.25) is 4.90 Å². The van der Waals surface area contributed by atoms with Crippen LogP contribution in [0.4, 0.5) is 23.7 Å². The quantitative estimate of drug-likeness (QED) is 0.665. The zero-order chi connectivity index (χ0) is 21.7. The second-order valence-electron chi connectivity index (χ2n) is 7.58. The first-order chi connectivity index (χ1) is 13.4. The van der Waals surface area contributed by atoms with E-state index in [1.54, 1.807) is 39.8 Å². The van der Waals surface area contributed by atoms with E-state index >= 15 is 0 Å². The number of ether oxygens (including phenoxy) is 1. The Morgan fingerprint density at radius 2 is 1.59 bits per heavy atom. The molecule has 1 heterocycles. The van der Waals surface area contributed by atoms with Crippen LogP contribution in [0.3, 0.4) is 0 Å². The third-order valence-electron chi connectivity index (χ3n) is 5.67. The molecule has 0 aromatic heterocycles. The van der Waals surface area contributed by atoms with Gasteiger partial charge in [0.1, 0.15) is 0 Å². The summed E-state index contributed by atoms with van der Waals surface area (Å²) in [7, 11) is 0. The Morgan fingerprint density at radius 1 is 1.00 bits per heavy atom. The Labute approximate surface area is 167 Å². The van der Waals surface area contributed by atoms with E-state index in [0.717, 1.165) is 10.5 Å². The molecule has 0 saturated carbocycles. The first-order valence-electron chi connectivity index (χ1n) is 9.08. The van der Waals surface area contributed by atoms with Crippen LogP contribution in [-0.2, 0) is 10.3 Å². The van der Waals surface area contributed by atoms with Gasteiger partial charge in [-0.2, -0.15) is 18.4 Å². The fourth-order valence-electron chi connectivity index (χ4n) is 3.65. The highest BCUT2D eigenvalue weighted by Gasteiger charge is 2.65. The van der Waals surface area contributed by atoms with Crippen molar-refractivity contribution in [2.24, 2.45) is 0 Å². The minimum absolute atomic E-state index is 0.0931. The maximum atomic E-state index is 14.3. The number of carbonyl (C=O) groups excluding carboxylic acids is 1. The third kappa shape index (κ3) is 3.23. The standard InChI is InChI=1S/C22H21F3N2O2/c1-12-7-18(8-13(2)16(12)5)21(22(23,24)25)11-27(20(28)29-21)19-9-14(3)17(10-26)6-15(19)4/h6-9H,11H2,1-5H3. The van der Waals surface area contributed by atoms with Gasteiger partial charge in [0, 0.05) is 5.56 Å². The summed E-state index contributed by atoms with van der Waals surface area (Å²) >= 11 is 0. The smallest absolute Gasteiger partial charge is 0.426 e. The zero-order valence-electron chi connectivity index (χ0n) is 16.9. The predicted octanol–water partition coefficient (Wildman–Crippen LogP) is 5.51. The van der Waals surface area contributed by atoms with Crippen LogP contribution < -0.4 is 4.90 Å². The molecule has 7 heteroatoms. The topological polar surface area (TPSA) is 53.3 Å². The number of benzene rings is 2. The van der Waals surface area contributed by atoms with E-state index in [4.69, 9.17) is 10.00 Å². The van der Waals surface area contributed by atoms with Gasteiger partial charge >= 0.3 is 12.3 Å². The van der Waals surface area contributed by atoms with Crippen molar-refractivity contribution < 1.29 is 22.7 Å². The Bertz CT molecular complexity index is 1030. The van der Waals surface area contributed by atoms with Gasteiger partial charge in [-0.1, -0.05) is 12.1 Å². The predicted molar refractivity (Wildman–Crippen MR) is 103 cm³/mol. The normalized spacial score (nSPS) is 19.3. The molecule has 3 rings (SSSR count). The van der Waals surface area contributed by atoms with Gasteiger partial charge < -0.3 is 4.74 Å². The summed E-state index contributed by atoms with van der Waals surface area (Å²) in [5, 5.41) is 9.16. The van der Waals surface area contributed by atoms with Crippen LogP contribution in [0.5, 0.6) is 0 Å². The second kappa shape index (κ2) is 6.80. The Balaban J connectivity index is 2.16.